The smallest absolute Gasteiger partial charge is 0.252 e. The lowest BCUT2D eigenvalue weighted by Gasteiger charge is -2.14. The molecule has 7 heteroatoms. The first-order valence-corrected chi connectivity index (χ1v) is 4.89. The van der Waals surface area contributed by atoms with E-state index < -0.39 is 0 Å². The lowest BCUT2D eigenvalue weighted by atomic mass is 10.2. The van der Waals surface area contributed by atoms with Crippen LogP contribution in [0.5, 0.6) is 0 Å². The second-order valence-corrected chi connectivity index (χ2v) is 3.48. The highest BCUT2D eigenvalue weighted by Gasteiger charge is 2.26. The second-order valence-electron chi connectivity index (χ2n) is 3.09. The highest BCUT2D eigenvalue weighted by Crippen LogP contribution is 2.21. The average Bonchev–Trinajstić information content (AvgIpc) is 2.61. The summed E-state index contributed by atoms with van der Waals surface area (Å²) in [7, 11) is 0. The predicted octanol–water partition coefficient (Wildman–Crippen LogP) is 1.85. The highest BCUT2D eigenvalue weighted by atomic mass is 32.1. The molecule has 0 aromatic heterocycles. The van der Waals surface area contributed by atoms with Crippen LogP contribution in [0.15, 0.2) is 29.4 Å². The minimum absolute atomic E-state index is 0.0958. The van der Waals surface area contributed by atoms with E-state index in [9.17, 15) is 4.79 Å². The summed E-state index contributed by atoms with van der Waals surface area (Å²) in [6.07, 6.45) is 0. The molecule has 0 radical (unpaired) electrons. The van der Waals surface area contributed by atoms with Crippen LogP contribution >= 0.6 is 12.2 Å². The Bertz CT molecular complexity index is 475. The van der Waals surface area contributed by atoms with E-state index in [1.165, 1.54) is 4.90 Å². The number of thiocarbonyl (C=S) groups is 1. The molecule has 1 N–H and O–H groups in total. The third-order valence-corrected chi connectivity index (χ3v) is 2.44. The Morgan fingerprint density at radius 2 is 2.12 bits per heavy atom. The summed E-state index contributed by atoms with van der Waals surface area (Å²) in [6, 6.07) is 6.62. The summed E-state index contributed by atoms with van der Waals surface area (Å²) in [4.78, 5) is 15.6. The molecule has 1 fully saturated rings. The van der Waals surface area contributed by atoms with Crippen molar-refractivity contribution in [2.45, 2.75) is 0 Å². The van der Waals surface area contributed by atoms with Gasteiger partial charge >= 0.3 is 0 Å². The first kappa shape index (κ1) is 10.4. The van der Waals surface area contributed by atoms with Gasteiger partial charge in [0.2, 0.25) is 0 Å². The van der Waals surface area contributed by atoms with Crippen molar-refractivity contribution in [3.63, 3.8) is 0 Å². The van der Waals surface area contributed by atoms with E-state index >= 15 is 0 Å². The van der Waals surface area contributed by atoms with Gasteiger partial charge in [-0.25, -0.2) is 0 Å². The van der Waals surface area contributed by atoms with Crippen LogP contribution in [0.2, 0.25) is 0 Å². The molecule has 6 nitrogen and oxygen atoms in total. The number of carbonyl (C=O) groups excluding carboxylic acids is 1. The third-order valence-electron chi connectivity index (χ3n) is 2.11. The largest absolute Gasteiger partial charge is 0.353 e. The van der Waals surface area contributed by atoms with E-state index in [1.807, 2.05) is 0 Å². The molecule has 0 spiro atoms. The van der Waals surface area contributed by atoms with E-state index in [1.54, 1.807) is 24.3 Å². The quantitative estimate of drug-likeness (QED) is 0.366. The molecule has 1 amide bonds. The van der Waals surface area contributed by atoms with Crippen molar-refractivity contribution in [3.8, 4) is 0 Å². The van der Waals surface area contributed by atoms with Gasteiger partial charge in [0.05, 0.1) is 12.2 Å². The van der Waals surface area contributed by atoms with E-state index in [4.69, 9.17) is 17.7 Å². The SMILES string of the molecule is [N-]=[N+]=Nc1ccc(N2C(=O)CNC2=S)cc1. The Balaban J connectivity index is 2.31. The van der Waals surface area contributed by atoms with Crippen LogP contribution in [0.3, 0.4) is 0 Å². The lowest BCUT2D eigenvalue weighted by molar-refractivity contribution is -0.115. The third kappa shape index (κ3) is 1.81. The fraction of sp³-hybridized carbons (Fsp3) is 0.111. The zero-order chi connectivity index (χ0) is 11.5. The number of benzene rings is 1. The van der Waals surface area contributed by atoms with Crippen molar-refractivity contribution in [2.75, 3.05) is 11.4 Å². The second kappa shape index (κ2) is 4.18. The van der Waals surface area contributed by atoms with Crippen molar-refractivity contribution >= 4 is 34.6 Å². The number of rotatable bonds is 2. The molecule has 1 heterocycles. The van der Waals surface area contributed by atoms with Gasteiger partial charge in [-0.2, -0.15) is 0 Å². The molecular weight excluding hydrogens is 226 g/mol. The lowest BCUT2D eigenvalue weighted by Crippen LogP contribution is -2.30. The van der Waals surface area contributed by atoms with Gasteiger partial charge in [-0.1, -0.05) is 17.2 Å². The topological polar surface area (TPSA) is 81.1 Å². The van der Waals surface area contributed by atoms with E-state index in [-0.39, 0.29) is 12.5 Å². The number of anilines is 1. The van der Waals surface area contributed by atoms with Crippen LogP contribution < -0.4 is 10.2 Å². The van der Waals surface area contributed by atoms with Crippen LogP contribution in [-0.4, -0.2) is 17.6 Å². The molecule has 0 atom stereocenters. The van der Waals surface area contributed by atoms with Gasteiger partial charge < -0.3 is 5.32 Å². The maximum Gasteiger partial charge on any atom is 0.252 e. The molecule has 1 saturated heterocycles. The van der Waals surface area contributed by atoms with Gasteiger partial charge in [-0.05, 0) is 29.9 Å². The zero-order valence-electron chi connectivity index (χ0n) is 8.12. The highest BCUT2D eigenvalue weighted by molar-refractivity contribution is 7.80. The summed E-state index contributed by atoms with van der Waals surface area (Å²) in [5.74, 6) is -0.0958. The van der Waals surface area contributed by atoms with Crippen LogP contribution in [0.1, 0.15) is 0 Å². The Hall–Kier alpha value is -2.11. The molecule has 1 aliphatic rings. The van der Waals surface area contributed by atoms with Crippen LogP contribution in [0.4, 0.5) is 11.4 Å². The number of azide groups is 1. The minimum atomic E-state index is -0.0958. The Kier molecular flexibility index (Phi) is 2.72. The fourth-order valence-corrected chi connectivity index (χ4v) is 1.68. The summed E-state index contributed by atoms with van der Waals surface area (Å²) in [6.45, 7) is 0.219. The maximum absolute atomic E-state index is 11.5. The first-order valence-electron chi connectivity index (χ1n) is 4.48. The van der Waals surface area contributed by atoms with Gasteiger partial charge in [-0.3, -0.25) is 9.69 Å². The van der Waals surface area contributed by atoms with Crippen LogP contribution in [0.25, 0.3) is 10.4 Å². The van der Waals surface area contributed by atoms with E-state index in [0.29, 0.717) is 16.5 Å². The molecule has 1 aromatic rings. The maximum atomic E-state index is 11.5. The molecule has 1 aliphatic heterocycles. The van der Waals surface area contributed by atoms with Crippen molar-refractivity contribution in [3.05, 3.63) is 34.7 Å². The summed E-state index contributed by atoms with van der Waals surface area (Å²) >= 11 is 5.00. The van der Waals surface area contributed by atoms with E-state index in [2.05, 4.69) is 15.3 Å². The standard InChI is InChI=1S/C9H7N5OS/c10-13-12-6-1-3-7(4-2-6)14-8(15)5-11-9(14)16/h1-4H,5H2,(H,11,16). The first-order chi connectivity index (χ1) is 7.72. The van der Waals surface area contributed by atoms with Crippen molar-refractivity contribution < 1.29 is 4.79 Å². The molecule has 1 aromatic carbocycles. The molecule has 80 valence electrons. The Morgan fingerprint density at radius 3 is 2.62 bits per heavy atom. The Morgan fingerprint density at radius 1 is 1.44 bits per heavy atom. The molecule has 0 saturated carbocycles. The van der Waals surface area contributed by atoms with Gasteiger partial charge in [0, 0.05) is 10.6 Å². The number of amides is 1. The number of nitrogens with zero attached hydrogens (tertiary/aromatic N) is 4. The molecule has 0 aliphatic carbocycles. The van der Waals surface area contributed by atoms with Gasteiger partial charge in [0.15, 0.2) is 5.11 Å². The fourth-order valence-electron chi connectivity index (χ4n) is 1.40. The van der Waals surface area contributed by atoms with Gasteiger partial charge in [-0.15, -0.1) is 0 Å². The minimum Gasteiger partial charge on any atom is -0.353 e. The van der Waals surface area contributed by atoms with Crippen molar-refractivity contribution in [1.82, 2.24) is 5.32 Å². The molecule has 2 rings (SSSR count). The number of hydrogen-bond donors (Lipinski definition) is 1. The molecule has 0 unspecified atom stereocenters. The number of hydrogen-bond acceptors (Lipinski definition) is 3. The predicted molar refractivity (Wildman–Crippen MR) is 63.3 cm³/mol. The van der Waals surface area contributed by atoms with Crippen LogP contribution in [0, 0.1) is 0 Å². The zero-order valence-corrected chi connectivity index (χ0v) is 8.94. The van der Waals surface area contributed by atoms with E-state index in [0.717, 1.165) is 0 Å². The van der Waals surface area contributed by atoms with Gasteiger partial charge in [0.25, 0.3) is 5.91 Å². The summed E-state index contributed by atoms with van der Waals surface area (Å²) in [5.41, 5.74) is 9.41. The average molecular weight is 233 g/mol. The number of carbonyl (C=O) groups is 1. The van der Waals surface area contributed by atoms with Crippen molar-refractivity contribution in [2.24, 2.45) is 5.11 Å². The van der Waals surface area contributed by atoms with Crippen molar-refractivity contribution in [1.29, 1.82) is 0 Å². The summed E-state index contributed by atoms with van der Waals surface area (Å²) in [5, 5.41) is 6.61. The molecule has 0 bridgehead atoms. The summed E-state index contributed by atoms with van der Waals surface area (Å²) < 4.78 is 0. The van der Waals surface area contributed by atoms with Crippen LogP contribution in [-0.2, 0) is 4.79 Å². The molecular formula is C9H7N5OS. The van der Waals surface area contributed by atoms with Gasteiger partial charge in [0.1, 0.15) is 0 Å². The monoisotopic (exact) mass is 233 g/mol. The molecule has 16 heavy (non-hydrogen) atoms. The Labute approximate surface area is 96.5 Å². The normalized spacial score (nSPS) is 14.6. The number of nitrogens with one attached hydrogen (secondary N) is 1.